The molecular weight excluding hydrogens is 172 g/mol. The van der Waals surface area contributed by atoms with Crippen molar-refractivity contribution in [2.24, 2.45) is 0 Å². The molecule has 1 fully saturated rings. The van der Waals surface area contributed by atoms with Crippen molar-refractivity contribution >= 4 is 5.97 Å². The first-order valence-electron chi connectivity index (χ1n) is 4.33. The third kappa shape index (κ3) is 2.00. The summed E-state index contributed by atoms with van der Waals surface area (Å²) in [4.78, 5) is 21.0. The van der Waals surface area contributed by atoms with Crippen LogP contribution in [0, 0.1) is 0 Å². The molecule has 0 aromatic rings. The number of hydrogen-bond donors (Lipinski definition) is 0. The molecule has 1 saturated heterocycles. The zero-order chi connectivity index (χ0) is 10.3. The largest absolute Gasteiger partial charge is 0.458 e. The number of carbonyl (C=O) groups excluding carboxylic acids is 1. The standard InChI is InChI=1S/C9H16O4/c1-6-9(5,13-12-6)7(10)11-8(2,3)4/h6H,1-5H3. The molecule has 4 nitrogen and oxygen atoms in total. The van der Waals surface area contributed by atoms with Crippen LogP contribution >= 0.6 is 0 Å². The smallest absolute Gasteiger partial charge is 0.344 e. The van der Waals surface area contributed by atoms with Gasteiger partial charge in [0.2, 0.25) is 5.60 Å². The van der Waals surface area contributed by atoms with E-state index in [9.17, 15) is 4.79 Å². The van der Waals surface area contributed by atoms with Crippen LogP contribution < -0.4 is 0 Å². The molecule has 0 aliphatic carbocycles. The molecule has 0 radical (unpaired) electrons. The molecule has 13 heavy (non-hydrogen) atoms. The fourth-order valence-electron chi connectivity index (χ4n) is 0.868. The maximum Gasteiger partial charge on any atom is 0.344 e. The normalized spacial score (nSPS) is 33.8. The van der Waals surface area contributed by atoms with Crippen molar-refractivity contribution in [2.45, 2.75) is 51.9 Å². The fourth-order valence-corrected chi connectivity index (χ4v) is 0.868. The van der Waals surface area contributed by atoms with Gasteiger partial charge in [0, 0.05) is 0 Å². The quantitative estimate of drug-likeness (QED) is 0.461. The van der Waals surface area contributed by atoms with Crippen LogP contribution in [0.25, 0.3) is 0 Å². The Morgan fingerprint density at radius 2 is 2.00 bits per heavy atom. The van der Waals surface area contributed by atoms with Gasteiger partial charge in [0.15, 0.2) is 0 Å². The second-order valence-corrected chi connectivity index (χ2v) is 4.43. The summed E-state index contributed by atoms with van der Waals surface area (Å²) in [6.45, 7) is 8.89. The molecule has 2 atom stereocenters. The van der Waals surface area contributed by atoms with Crippen molar-refractivity contribution in [3.05, 3.63) is 0 Å². The lowest BCUT2D eigenvalue weighted by Crippen LogP contribution is -2.59. The Hall–Kier alpha value is -0.610. The topological polar surface area (TPSA) is 44.8 Å². The van der Waals surface area contributed by atoms with E-state index in [-0.39, 0.29) is 12.1 Å². The Balaban J connectivity index is 2.58. The summed E-state index contributed by atoms with van der Waals surface area (Å²) in [5.41, 5.74) is -1.42. The molecule has 0 aromatic carbocycles. The second-order valence-electron chi connectivity index (χ2n) is 4.43. The summed E-state index contributed by atoms with van der Waals surface area (Å²) >= 11 is 0. The first-order chi connectivity index (χ1) is 5.76. The molecule has 0 saturated carbocycles. The summed E-state index contributed by atoms with van der Waals surface area (Å²) in [6.07, 6.45) is -0.248. The molecule has 1 aliphatic heterocycles. The highest BCUT2D eigenvalue weighted by molar-refractivity contribution is 5.80. The van der Waals surface area contributed by atoms with Gasteiger partial charge in [-0.15, -0.1) is 0 Å². The third-order valence-electron chi connectivity index (χ3n) is 1.95. The van der Waals surface area contributed by atoms with E-state index >= 15 is 0 Å². The molecule has 0 N–H and O–H groups in total. The van der Waals surface area contributed by atoms with E-state index in [0.29, 0.717) is 0 Å². The molecular formula is C9H16O4. The van der Waals surface area contributed by atoms with Crippen molar-refractivity contribution in [3.63, 3.8) is 0 Å². The van der Waals surface area contributed by atoms with Gasteiger partial charge < -0.3 is 4.74 Å². The summed E-state index contributed by atoms with van der Waals surface area (Å²) in [5, 5.41) is 0. The average molecular weight is 188 g/mol. The third-order valence-corrected chi connectivity index (χ3v) is 1.95. The highest BCUT2D eigenvalue weighted by Gasteiger charge is 2.53. The molecule has 1 aliphatic rings. The van der Waals surface area contributed by atoms with Gasteiger partial charge in [-0.2, -0.15) is 0 Å². The van der Waals surface area contributed by atoms with E-state index < -0.39 is 11.2 Å². The Labute approximate surface area is 78.1 Å². The lowest BCUT2D eigenvalue weighted by molar-refractivity contribution is -0.488. The minimum atomic E-state index is -0.937. The van der Waals surface area contributed by atoms with Gasteiger partial charge in [-0.1, -0.05) is 0 Å². The Morgan fingerprint density at radius 1 is 1.46 bits per heavy atom. The number of rotatable bonds is 1. The Kier molecular flexibility index (Phi) is 2.38. The van der Waals surface area contributed by atoms with Gasteiger partial charge in [-0.25, -0.2) is 14.6 Å². The predicted molar refractivity (Wildman–Crippen MR) is 45.9 cm³/mol. The summed E-state index contributed by atoms with van der Waals surface area (Å²) in [7, 11) is 0. The fraction of sp³-hybridized carbons (Fsp3) is 0.889. The molecule has 0 spiro atoms. The van der Waals surface area contributed by atoms with Gasteiger partial charge in [-0.05, 0) is 34.6 Å². The lowest BCUT2D eigenvalue weighted by atomic mass is 9.99. The first kappa shape index (κ1) is 10.5. The highest BCUT2D eigenvalue weighted by atomic mass is 17.3. The Morgan fingerprint density at radius 3 is 2.23 bits per heavy atom. The predicted octanol–water partition coefficient (Wildman–Crippen LogP) is 1.44. The van der Waals surface area contributed by atoms with Gasteiger partial charge in [0.1, 0.15) is 11.7 Å². The van der Waals surface area contributed by atoms with Crippen LogP contribution in [0.4, 0.5) is 0 Å². The van der Waals surface area contributed by atoms with Crippen LogP contribution in [0.2, 0.25) is 0 Å². The van der Waals surface area contributed by atoms with Crippen molar-refractivity contribution in [3.8, 4) is 0 Å². The van der Waals surface area contributed by atoms with Crippen LogP contribution in [0.3, 0.4) is 0 Å². The van der Waals surface area contributed by atoms with Crippen molar-refractivity contribution in [1.82, 2.24) is 0 Å². The number of carbonyl (C=O) groups is 1. The zero-order valence-corrected chi connectivity index (χ0v) is 8.71. The summed E-state index contributed by atoms with van der Waals surface area (Å²) in [5.74, 6) is -0.376. The zero-order valence-electron chi connectivity index (χ0n) is 8.71. The number of esters is 1. The Bertz CT molecular complexity index is 218. The minimum Gasteiger partial charge on any atom is -0.458 e. The van der Waals surface area contributed by atoms with E-state index in [0.717, 1.165) is 0 Å². The van der Waals surface area contributed by atoms with E-state index in [1.807, 2.05) is 20.8 Å². The molecule has 0 amide bonds. The molecule has 1 heterocycles. The molecule has 0 aromatic heterocycles. The van der Waals surface area contributed by atoms with Gasteiger partial charge in [0.05, 0.1) is 0 Å². The van der Waals surface area contributed by atoms with Gasteiger partial charge >= 0.3 is 5.97 Å². The monoisotopic (exact) mass is 188 g/mol. The van der Waals surface area contributed by atoms with Crippen molar-refractivity contribution in [1.29, 1.82) is 0 Å². The van der Waals surface area contributed by atoms with Crippen LogP contribution in [0.1, 0.15) is 34.6 Å². The molecule has 76 valence electrons. The van der Waals surface area contributed by atoms with Crippen LogP contribution in [0.5, 0.6) is 0 Å². The maximum atomic E-state index is 11.5. The number of hydrogen-bond acceptors (Lipinski definition) is 4. The van der Waals surface area contributed by atoms with Crippen LogP contribution in [-0.4, -0.2) is 23.3 Å². The molecule has 2 unspecified atom stereocenters. The summed E-state index contributed by atoms with van der Waals surface area (Å²) in [6, 6.07) is 0. The molecule has 4 heteroatoms. The van der Waals surface area contributed by atoms with Crippen LogP contribution in [-0.2, 0) is 19.3 Å². The van der Waals surface area contributed by atoms with E-state index in [1.165, 1.54) is 0 Å². The van der Waals surface area contributed by atoms with Crippen LogP contribution in [0.15, 0.2) is 0 Å². The second kappa shape index (κ2) is 2.96. The first-order valence-corrected chi connectivity index (χ1v) is 4.33. The maximum absolute atomic E-state index is 11.5. The van der Waals surface area contributed by atoms with Crippen molar-refractivity contribution < 1.29 is 19.3 Å². The summed E-state index contributed by atoms with van der Waals surface area (Å²) < 4.78 is 5.17. The molecule has 0 bridgehead atoms. The van der Waals surface area contributed by atoms with E-state index in [1.54, 1.807) is 13.8 Å². The van der Waals surface area contributed by atoms with Crippen molar-refractivity contribution in [2.75, 3.05) is 0 Å². The highest BCUT2D eigenvalue weighted by Crippen LogP contribution is 2.32. The van der Waals surface area contributed by atoms with Gasteiger partial charge in [0.25, 0.3) is 0 Å². The lowest BCUT2D eigenvalue weighted by Gasteiger charge is -2.41. The van der Waals surface area contributed by atoms with Gasteiger partial charge in [-0.3, -0.25) is 0 Å². The molecule has 1 rings (SSSR count). The van der Waals surface area contributed by atoms with E-state index in [4.69, 9.17) is 9.62 Å². The average Bonchev–Trinajstić information content (AvgIpc) is 1.97. The SMILES string of the molecule is CC1OOC1(C)C(=O)OC(C)(C)C. The number of ether oxygens (including phenoxy) is 1. The van der Waals surface area contributed by atoms with E-state index in [2.05, 4.69) is 4.89 Å². The minimum absolute atomic E-state index is 0.248.